The van der Waals surface area contributed by atoms with Crippen LogP contribution in [-0.4, -0.2) is 15.4 Å². The largest absolute Gasteiger partial charge is 0.323 e. The number of hydrogen-bond donors (Lipinski definition) is 0. The van der Waals surface area contributed by atoms with E-state index in [2.05, 4.69) is 28.6 Å². The first kappa shape index (κ1) is 14.1. The fraction of sp³-hybridized carbons (Fsp3) is 0.235. The summed E-state index contributed by atoms with van der Waals surface area (Å²) in [6, 6.07) is 13.0. The van der Waals surface area contributed by atoms with Crippen molar-refractivity contribution in [3.63, 3.8) is 0 Å². The van der Waals surface area contributed by atoms with Crippen LogP contribution in [0, 0.1) is 12.7 Å². The van der Waals surface area contributed by atoms with Crippen molar-refractivity contribution in [1.82, 2.24) is 9.55 Å². The van der Waals surface area contributed by atoms with E-state index in [1.54, 1.807) is 6.07 Å². The second-order valence-electron chi connectivity index (χ2n) is 5.11. The van der Waals surface area contributed by atoms with E-state index in [9.17, 15) is 4.39 Å². The maximum absolute atomic E-state index is 13.4. The van der Waals surface area contributed by atoms with Crippen LogP contribution in [0.1, 0.15) is 17.0 Å². The molecular formula is C17H16ClFN2. The summed E-state index contributed by atoms with van der Waals surface area (Å²) in [7, 11) is 0. The van der Waals surface area contributed by atoms with Crippen molar-refractivity contribution in [2.24, 2.45) is 0 Å². The lowest BCUT2D eigenvalue weighted by Gasteiger charge is -2.11. The Labute approximate surface area is 128 Å². The van der Waals surface area contributed by atoms with E-state index in [4.69, 9.17) is 11.6 Å². The molecule has 0 saturated heterocycles. The van der Waals surface area contributed by atoms with Gasteiger partial charge in [0.15, 0.2) is 0 Å². The molecule has 4 heteroatoms. The van der Waals surface area contributed by atoms with Crippen LogP contribution in [0.25, 0.3) is 11.0 Å². The Morgan fingerprint density at radius 1 is 1.19 bits per heavy atom. The second-order valence-corrected chi connectivity index (χ2v) is 5.49. The van der Waals surface area contributed by atoms with Crippen molar-refractivity contribution in [3.05, 3.63) is 65.2 Å². The summed E-state index contributed by atoms with van der Waals surface area (Å²) < 4.78 is 15.5. The minimum atomic E-state index is -0.263. The number of alkyl halides is 1. The first-order valence-corrected chi connectivity index (χ1v) is 7.47. The van der Waals surface area contributed by atoms with Crippen LogP contribution >= 0.6 is 11.6 Å². The molecule has 0 atom stereocenters. The lowest BCUT2D eigenvalue weighted by molar-refractivity contribution is 0.629. The zero-order valence-electron chi connectivity index (χ0n) is 11.8. The summed E-state index contributed by atoms with van der Waals surface area (Å²) in [5.74, 6) is 1.13. The van der Waals surface area contributed by atoms with E-state index in [1.807, 2.05) is 12.1 Å². The molecule has 1 aromatic heterocycles. The topological polar surface area (TPSA) is 17.8 Å². The van der Waals surface area contributed by atoms with Gasteiger partial charge in [-0.25, -0.2) is 9.37 Å². The number of halogens is 2. The first-order valence-electron chi connectivity index (χ1n) is 6.94. The zero-order chi connectivity index (χ0) is 14.8. The summed E-state index contributed by atoms with van der Waals surface area (Å²) in [6.07, 6.45) is 0.670. The van der Waals surface area contributed by atoms with Crippen molar-refractivity contribution >= 4 is 22.6 Å². The summed E-state index contributed by atoms with van der Waals surface area (Å²) in [4.78, 5) is 4.53. The van der Waals surface area contributed by atoms with Gasteiger partial charge in [-0.05, 0) is 30.2 Å². The summed E-state index contributed by atoms with van der Waals surface area (Å²) >= 11 is 5.87. The Kier molecular flexibility index (Phi) is 3.93. The smallest absolute Gasteiger partial charge is 0.125 e. The van der Waals surface area contributed by atoms with E-state index in [1.165, 1.54) is 23.3 Å². The first-order chi connectivity index (χ1) is 10.2. The average molecular weight is 303 g/mol. The molecule has 2 aromatic carbocycles. The molecule has 0 radical (unpaired) electrons. The van der Waals surface area contributed by atoms with Gasteiger partial charge in [-0.2, -0.15) is 0 Å². The van der Waals surface area contributed by atoms with Crippen LogP contribution in [0.5, 0.6) is 0 Å². The highest BCUT2D eigenvalue weighted by Gasteiger charge is 2.12. The third kappa shape index (κ3) is 2.79. The van der Waals surface area contributed by atoms with Crippen molar-refractivity contribution in [2.45, 2.75) is 19.9 Å². The number of fused-ring (bicyclic) bond motifs is 1. The third-order valence-electron chi connectivity index (χ3n) is 3.70. The molecule has 0 unspecified atom stereocenters. The number of aromatic nitrogens is 2. The van der Waals surface area contributed by atoms with Gasteiger partial charge < -0.3 is 4.57 Å². The third-order valence-corrected chi connectivity index (χ3v) is 3.89. The maximum Gasteiger partial charge on any atom is 0.125 e. The van der Waals surface area contributed by atoms with Gasteiger partial charge in [-0.15, -0.1) is 11.6 Å². The monoisotopic (exact) mass is 302 g/mol. The molecule has 0 N–H and O–H groups in total. The molecule has 0 bridgehead atoms. The number of nitrogens with zero attached hydrogens (tertiary/aromatic N) is 2. The molecule has 3 aromatic rings. The van der Waals surface area contributed by atoms with Crippen LogP contribution in [0.15, 0.2) is 42.5 Å². The number of benzene rings is 2. The van der Waals surface area contributed by atoms with Crippen molar-refractivity contribution in [1.29, 1.82) is 0 Å². The lowest BCUT2D eigenvalue weighted by Crippen LogP contribution is -2.07. The Morgan fingerprint density at radius 3 is 2.76 bits per heavy atom. The minimum Gasteiger partial charge on any atom is -0.323 e. The molecule has 0 fully saturated rings. The number of rotatable bonds is 4. The second kappa shape index (κ2) is 5.86. The Morgan fingerprint density at radius 2 is 2.00 bits per heavy atom. The number of imidazole rings is 1. The van der Waals surface area contributed by atoms with Crippen molar-refractivity contribution < 1.29 is 4.39 Å². The van der Waals surface area contributed by atoms with Gasteiger partial charge >= 0.3 is 0 Å². The maximum atomic E-state index is 13.4. The minimum absolute atomic E-state index is 0.263. The standard InChI is InChI=1S/C17H16ClFN2/c1-12-4-2-3-5-13(12)11-21-16-7-6-14(19)10-15(16)20-17(21)8-9-18/h2-7,10H,8-9,11H2,1H3. The van der Waals surface area contributed by atoms with Crippen molar-refractivity contribution in [2.75, 3.05) is 5.88 Å². The fourth-order valence-electron chi connectivity index (χ4n) is 2.56. The molecular weight excluding hydrogens is 287 g/mol. The normalized spacial score (nSPS) is 11.2. The van der Waals surface area contributed by atoms with Gasteiger partial charge in [-0.1, -0.05) is 24.3 Å². The van der Waals surface area contributed by atoms with Gasteiger partial charge in [0, 0.05) is 24.9 Å². The molecule has 108 valence electrons. The van der Waals surface area contributed by atoms with Gasteiger partial charge in [0.25, 0.3) is 0 Å². The van der Waals surface area contributed by atoms with Crippen LogP contribution in [0.4, 0.5) is 4.39 Å². The number of hydrogen-bond acceptors (Lipinski definition) is 1. The van der Waals surface area contributed by atoms with Crippen LogP contribution in [0.3, 0.4) is 0 Å². The highest BCUT2D eigenvalue weighted by Crippen LogP contribution is 2.21. The Balaban J connectivity index is 2.11. The van der Waals surface area contributed by atoms with E-state index in [0.717, 1.165) is 17.9 Å². The predicted molar refractivity (Wildman–Crippen MR) is 84.4 cm³/mol. The molecule has 0 saturated carbocycles. The molecule has 0 aliphatic rings. The predicted octanol–water partition coefficient (Wildman–Crippen LogP) is 4.31. The molecule has 1 heterocycles. The summed E-state index contributed by atoms with van der Waals surface area (Å²) in [5, 5.41) is 0. The molecule has 0 aliphatic carbocycles. The Hall–Kier alpha value is -1.87. The van der Waals surface area contributed by atoms with Crippen molar-refractivity contribution in [3.8, 4) is 0 Å². The zero-order valence-corrected chi connectivity index (χ0v) is 12.6. The average Bonchev–Trinajstić information content (AvgIpc) is 2.79. The molecule has 0 aliphatic heterocycles. The summed E-state index contributed by atoms with van der Waals surface area (Å²) in [5.41, 5.74) is 4.10. The van der Waals surface area contributed by atoms with E-state index >= 15 is 0 Å². The van der Waals surface area contributed by atoms with E-state index in [0.29, 0.717) is 17.8 Å². The van der Waals surface area contributed by atoms with Gasteiger partial charge in [0.1, 0.15) is 11.6 Å². The Bertz CT molecular complexity index is 780. The van der Waals surface area contributed by atoms with Crippen LogP contribution in [0.2, 0.25) is 0 Å². The highest BCUT2D eigenvalue weighted by atomic mass is 35.5. The van der Waals surface area contributed by atoms with Gasteiger partial charge in [0.05, 0.1) is 11.0 Å². The number of aryl methyl sites for hydroxylation is 2. The summed E-state index contributed by atoms with van der Waals surface area (Å²) in [6.45, 7) is 2.82. The molecule has 3 rings (SSSR count). The van der Waals surface area contributed by atoms with E-state index in [-0.39, 0.29) is 5.82 Å². The van der Waals surface area contributed by atoms with Crippen LogP contribution in [-0.2, 0) is 13.0 Å². The highest BCUT2D eigenvalue weighted by molar-refractivity contribution is 6.17. The molecule has 2 nitrogen and oxygen atoms in total. The fourth-order valence-corrected chi connectivity index (χ4v) is 2.73. The molecule has 0 amide bonds. The van der Waals surface area contributed by atoms with Gasteiger partial charge in [-0.3, -0.25) is 0 Å². The molecule has 21 heavy (non-hydrogen) atoms. The van der Waals surface area contributed by atoms with Gasteiger partial charge in [0.2, 0.25) is 0 Å². The van der Waals surface area contributed by atoms with Crippen LogP contribution < -0.4 is 0 Å². The lowest BCUT2D eigenvalue weighted by atomic mass is 10.1. The SMILES string of the molecule is Cc1ccccc1Cn1c(CCCl)nc2cc(F)ccc21. The quantitative estimate of drug-likeness (QED) is 0.657. The molecule has 0 spiro atoms. The van der Waals surface area contributed by atoms with E-state index < -0.39 is 0 Å².